The number of nitrogens with one attached hydrogen (secondary N) is 1. The van der Waals surface area contributed by atoms with Crippen LogP contribution in [-0.2, 0) is 21.2 Å². The predicted molar refractivity (Wildman–Crippen MR) is 122 cm³/mol. The minimum Gasteiger partial charge on any atom is -0.326 e. The fraction of sp³-hybridized carbons (Fsp3) is 0.0455. The Labute approximate surface area is 189 Å². The maximum Gasteiger partial charge on any atom is 0.240 e. The molecule has 0 unspecified atom stereocenters. The van der Waals surface area contributed by atoms with Crippen LogP contribution in [0.25, 0.3) is 16.8 Å². The third-order valence-corrected chi connectivity index (χ3v) is 5.99. The molecule has 10 heteroatoms. The van der Waals surface area contributed by atoms with Gasteiger partial charge < -0.3 is 5.32 Å². The second kappa shape index (κ2) is 8.91. The van der Waals surface area contributed by atoms with Crippen LogP contribution in [0.1, 0.15) is 5.56 Å². The first-order chi connectivity index (χ1) is 15.3. The summed E-state index contributed by atoms with van der Waals surface area (Å²) in [5, 5.41) is 12.9. The van der Waals surface area contributed by atoms with E-state index in [0.29, 0.717) is 10.6 Å². The number of halogens is 1. The van der Waals surface area contributed by atoms with Crippen LogP contribution in [0.4, 0.5) is 5.69 Å². The van der Waals surface area contributed by atoms with Crippen LogP contribution in [0.3, 0.4) is 0 Å². The van der Waals surface area contributed by atoms with Crippen molar-refractivity contribution in [2.45, 2.75) is 11.3 Å². The number of nitrogens with two attached hydrogens (primary N) is 1. The Bertz CT molecular complexity index is 1390. The molecule has 0 aliphatic rings. The molecule has 0 aliphatic carbocycles. The zero-order chi connectivity index (χ0) is 22.7. The molecule has 4 rings (SSSR count). The van der Waals surface area contributed by atoms with E-state index in [1.165, 1.54) is 16.8 Å². The fourth-order valence-electron chi connectivity index (χ4n) is 3.17. The van der Waals surface area contributed by atoms with Gasteiger partial charge in [-0.2, -0.15) is 5.10 Å². The summed E-state index contributed by atoms with van der Waals surface area (Å²) in [5.74, 6) is -0.343. The maximum absolute atomic E-state index is 12.4. The SMILES string of the molecule is NS(=O)(=O)c1cc(NC(=O)Cc2ccccc2Cl)ccc1-n1cc(-c2cccnc2)cn1. The highest BCUT2D eigenvalue weighted by Gasteiger charge is 2.18. The Kier molecular flexibility index (Phi) is 6.04. The van der Waals surface area contributed by atoms with Gasteiger partial charge in [0.25, 0.3) is 0 Å². The van der Waals surface area contributed by atoms with E-state index < -0.39 is 10.0 Å². The molecule has 32 heavy (non-hydrogen) atoms. The van der Waals surface area contributed by atoms with Crippen LogP contribution in [-0.4, -0.2) is 29.1 Å². The summed E-state index contributed by atoms with van der Waals surface area (Å²) in [5.41, 5.74) is 2.80. The summed E-state index contributed by atoms with van der Waals surface area (Å²) in [7, 11) is -4.11. The van der Waals surface area contributed by atoms with Crippen molar-refractivity contribution in [1.29, 1.82) is 0 Å². The number of amides is 1. The molecule has 162 valence electrons. The number of primary sulfonamides is 1. The molecule has 3 N–H and O–H groups in total. The predicted octanol–water partition coefficient (Wildman–Crippen LogP) is 3.42. The van der Waals surface area contributed by atoms with Crippen molar-refractivity contribution < 1.29 is 13.2 Å². The van der Waals surface area contributed by atoms with E-state index in [4.69, 9.17) is 16.7 Å². The highest BCUT2D eigenvalue weighted by atomic mass is 35.5. The van der Waals surface area contributed by atoms with Gasteiger partial charge in [-0.05, 0) is 35.9 Å². The van der Waals surface area contributed by atoms with Gasteiger partial charge >= 0.3 is 0 Å². The van der Waals surface area contributed by atoms with Gasteiger partial charge in [-0.15, -0.1) is 0 Å². The molecule has 0 saturated carbocycles. The van der Waals surface area contributed by atoms with E-state index in [9.17, 15) is 13.2 Å². The molecule has 4 aromatic rings. The van der Waals surface area contributed by atoms with Crippen molar-refractivity contribution in [3.8, 4) is 16.8 Å². The molecule has 0 aliphatic heterocycles. The molecule has 0 saturated heterocycles. The Morgan fingerprint density at radius 3 is 2.59 bits per heavy atom. The van der Waals surface area contributed by atoms with Gasteiger partial charge in [0.1, 0.15) is 4.90 Å². The number of carbonyl (C=O) groups excluding carboxylic acids is 1. The lowest BCUT2D eigenvalue weighted by atomic mass is 10.1. The molecule has 2 aromatic heterocycles. The van der Waals surface area contributed by atoms with Crippen molar-refractivity contribution in [3.05, 3.63) is 90.0 Å². The third kappa shape index (κ3) is 4.86. The fourth-order valence-corrected chi connectivity index (χ4v) is 4.11. The minimum absolute atomic E-state index is 0.0414. The highest BCUT2D eigenvalue weighted by Crippen LogP contribution is 2.26. The van der Waals surface area contributed by atoms with E-state index in [1.807, 2.05) is 6.07 Å². The summed E-state index contributed by atoms with van der Waals surface area (Å²) in [4.78, 5) is 16.3. The molecule has 0 bridgehead atoms. The van der Waals surface area contributed by atoms with Crippen LogP contribution in [0.5, 0.6) is 0 Å². The number of rotatable bonds is 6. The smallest absolute Gasteiger partial charge is 0.240 e. The molecule has 0 spiro atoms. The van der Waals surface area contributed by atoms with Crippen LogP contribution >= 0.6 is 11.6 Å². The Morgan fingerprint density at radius 2 is 1.88 bits per heavy atom. The van der Waals surface area contributed by atoms with Gasteiger partial charge in [-0.3, -0.25) is 9.78 Å². The maximum atomic E-state index is 12.4. The Morgan fingerprint density at radius 1 is 1.06 bits per heavy atom. The first-order valence-corrected chi connectivity index (χ1v) is 11.4. The summed E-state index contributed by atoms with van der Waals surface area (Å²) < 4.78 is 26.0. The van der Waals surface area contributed by atoms with Gasteiger partial charge in [-0.1, -0.05) is 35.9 Å². The summed E-state index contributed by atoms with van der Waals surface area (Å²) >= 11 is 6.10. The summed E-state index contributed by atoms with van der Waals surface area (Å²) in [6.07, 6.45) is 6.66. The summed E-state index contributed by atoms with van der Waals surface area (Å²) in [6.45, 7) is 0. The molecule has 1 amide bonds. The number of aromatic nitrogens is 3. The number of hydrogen-bond donors (Lipinski definition) is 2. The largest absolute Gasteiger partial charge is 0.326 e. The van der Waals surface area contributed by atoms with Crippen LogP contribution < -0.4 is 10.5 Å². The number of benzene rings is 2. The average Bonchev–Trinajstić information content (AvgIpc) is 3.25. The molecule has 2 aromatic carbocycles. The zero-order valence-corrected chi connectivity index (χ0v) is 18.2. The first kappa shape index (κ1) is 21.7. The zero-order valence-electron chi connectivity index (χ0n) is 16.6. The van der Waals surface area contributed by atoms with Gasteiger partial charge in [0.2, 0.25) is 15.9 Å². The molecular formula is C22H18ClN5O3S. The second-order valence-corrected chi connectivity index (χ2v) is 8.90. The normalized spacial score (nSPS) is 11.3. The van der Waals surface area contributed by atoms with Crippen molar-refractivity contribution in [1.82, 2.24) is 14.8 Å². The first-order valence-electron chi connectivity index (χ1n) is 9.47. The molecule has 8 nitrogen and oxygen atoms in total. The lowest BCUT2D eigenvalue weighted by molar-refractivity contribution is -0.115. The lowest BCUT2D eigenvalue weighted by Gasteiger charge is -2.12. The topological polar surface area (TPSA) is 120 Å². The van der Waals surface area contributed by atoms with E-state index in [0.717, 1.165) is 11.1 Å². The van der Waals surface area contributed by atoms with E-state index in [2.05, 4.69) is 15.4 Å². The molecule has 0 atom stereocenters. The molecule has 0 fully saturated rings. The Balaban J connectivity index is 1.62. The van der Waals surface area contributed by atoms with Gasteiger partial charge in [-0.25, -0.2) is 18.2 Å². The van der Waals surface area contributed by atoms with Crippen molar-refractivity contribution >= 4 is 33.2 Å². The monoisotopic (exact) mass is 467 g/mol. The van der Waals surface area contributed by atoms with Crippen LogP contribution in [0, 0.1) is 0 Å². The molecule has 0 radical (unpaired) electrons. The van der Waals surface area contributed by atoms with Gasteiger partial charge in [0.15, 0.2) is 0 Å². The van der Waals surface area contributed by atoms with E-state index in [-0.39, 0.29) is 28.6 Å². The number of hydrogen-bond acceptors (Lipinski definition) is 5. The molecule has 2 heterocycles. The van der Waals surface area contributed by atoms with Crippen LogP contribution in [0.2, 0.25) is 5.02 Å². The minimum atomic E-state index is -4.11. The molecular weight excluding hydrogens is 450 g/mol. The van der Waals surface area contributed by atoms with E-state index in [1.54, 1.807) is 61.2 Å². The highest BCUT2D eigenvalue weighted by molar-refractivity contribution is 7.89. The average molecular weight is 468 g/mol. The van der Waals surface area contributed by atoms with E-state index >= 15 is 0 Å². The second-order valence-electron chi connectivity index (χ2n) is 6.96. The van der Waals surface area contributed by atoms with Crippen molar-refractivity contribution in [3.63, 3.8) is 0 Å². The van der Waals surface area contributed by atoms with Crippen LogP contribution in [0.15, 0.2) is 84.3 Å². The van der Waals surface area contributed by atoms with Crippen molar-refractivity contribution in [2.75, 3.05) is 5.32 Å². The Hall–Kier alpha value is -3.53. The summed E-state index contributed by atoms with van der Waals surface area (Å²) in [6, 6.07) is 15.1. The number of carbonyl (C=O) groups is 1. The number of pyridine rings is 1. The van der Waals surface area contributed by atoms with Gasteiger partial charge in [0.05, 0.1) is 18.3 Å². The van der Waals surface area contributed by atoms with Crippen molar-refractivity contribution in [2.24, 2.45) is 5.14 Å². The number of nitrogens with zero attached hydrogens (tertiary/aromatic N) is 3. The quantitative estimate of drug-likeness (QED) is 0.450. The standard InChI is InChI=1S/C22H18ClN5O3S/c23-19-6-2-1-4-15(19)10-22(29)27-18-7-8-20(21(11-18)32(24,30)31)28-14-17(13-26-28)16-5-3-9-25-12-16/h1-9,11-14H,10H2,(H,27,29)(H2,24,30,31). The third-order valence-electron chi connectivity index (χ3n) is 4.68. The number of anilines is 1. The number of sulfonamides is 1. The van der Waals surface area contributed by atoms with Gasteiger partial charge in [0, 0.05) is 40.4 Å². The lowest BCUT2D eigenvalue weighted by Crippen LogP contribution is -2.18.